The molecule has 1 aromatic carbocycles. The molecule has 1 aromatic rings. The van der Waals surface area contributed by atoms with E-state index in [9.17, 15) is 9.59 Å². The van der Waals surface area contributed by atoms with E-state index in [1.807, 2.05) is 6.92 Å². The molecule has 0 aromatic heterocycles. The molecule has 2 rings (SSSR count). The van der Waals surface area contributed by atoms with E-state index in [-0.39, 0.29) is 11.3 Å². The number of rotatable bonds is 1. The molecule has 0 heterocycles. The molecule has 1 aliphatic carbocycles. The van der Waals surface area contributed by atoms with E-state index in [2.05, 4.69) is 0 Å². The Kier molecular flexibility index (Phi) is 1.88. The fraction of sp³-hybridized carbons (Fsp3) is 0.273. The van der Waals surface area contributed by atoms with Crippen LogP contribution < -0.4 is 0 Å². The molecule has 1 aliphatic rings. The van der Waals surface area contributed by atoms with Crippen molar-refractivity contribution in [1.29, 1.82) is 0 Å². The van der Waals surface area contributed by atoms with Crippen molar-refractivity contribution >= 4 is 11.8 Å². The Morgan fingerprint density at radius 3 is 2.71 bits per heavy atom. The first kappa shape index (κ1) is 8.94. The van der Waals surface area contributed by atoms with E-state index in [1.54, 1.807) is 6.07 Å². The Morgan fingerprint density at radius 2 is 2.07 bits per heavy atom. The summed E-state index contributed by atoms with van der Waals surface area (Å²) in [7, 11) is 0. The number of carboxylic acid groups (broad SMARTS) is 1. The molecule has 0 bridgehead atoms. The first-order valence-electron chi connectivity index (χ1n) is 4.49. The molecular weight excluding hydrogens is 180 g/mol. The summed E-state index contributed by atoms with van der Waals surface area (Å²) in [4.78, 5) is 22.1. The van der Waals surface area contributed by atoms with Crippen molar-refractivity contribution in [3.05, 3.63) is 34.4 Å². The maximum atomic E-state index is 11.4. The topological polar surface area (TPSA) is 54.4 Å². The maximum absolute atomic E-state index is 11.4. The van der Waals surface area contributed by atoms with E-state index in [0.717, 1.165) is 17.5 Å². The molecule has 1 N–H and O–H groups in total. The van der Waals surface area contributed by atoms with Gasteiger partial charge in [-0.05, 0) is 36.6 Å². The Bertz CT molecular complexity index is 432. The van der Waals surface area contributed by atoms with Crippen LogP contribution in [0.1, 0.15) is 38.3 Å². The van der Waals surface area contributed by atoms with Crippen molar-refractivity contribution in [3.8, 4) is 0 Å². The van der Waals surface area contributed by atoms with Crippen molar-refractivity contribution in [2.24, 2.45) is 0 Å². The second-order valence-corrected chi connectivity index (χ2v) is 3.55. The Labute approximate surface area is 81.4 Å². The summed E-state index contributed by atoms with van der Waals surface area (Å²) >= 11 is 0. The van der Waals surface area contributed by atoms with E-state index >= 15 is 0 Å². The van der Waals surface area contributed by atoms with Gasteiger partial charge in [-0.3, -0.25) is 4.79 Å². The van der Waals surface area contributed by atoms with Gasteiger partial charge in [0.25, 0.3) is 0 Å². The van der Waals surface area contributed by atoms with Gasteiger partial charge >= 0.3 is 5.97 Å². The number of fused-ring (bicyclic) bond motifs is 1. The predicted octanol–water partition coefficient (Wildman–Crippen LogP) is 1.82. The van der Waals surface area contributed by atoms with E-state index in [4.69, 9.17) is 5.11 Å². The lowest BCUT2D eigenvalue weighted by atomic mass is 10.0. The molecule has 0 saturated carbocycles. The number of hydrogen-bond donors (Lipinski definition) is 1. The number of carboxylic acids is 1. The highest BCUT2D eigenvalue weighted by atomic mass is 16.4. The van der Waals surface area contributed by atoms with Crippen molar-refractivity contribution in [2.45, 2.75) is 19.8 Å². The lowest BCUT2D eigenvalue weighted by Gasteiger charge is -2.04. The van der Waals surface area contributed by atoms with Crippen LogP contribution in [0.2, 0.25) is 0 Å². The van der Waals surface area contributed by atoms with Crippen molar-refractivity contribution in [1.82, 2.24) is 0 Å². The Balaban J connectivity index is 2.64. The van der Waals surface area contributed by atoms with Crippen LogP contribution in [0.5, 0.6) is 0 Å². The third-order valence-corrected chi connectivity index (χ3v) is 2.62. The largest absolute Gasteiger partial charge is 0.478 e. The number of aromatic carboxylic acids is 1. The zero-order chi connectivity index (χ0) is 10.3. The van der Waals surface area contributed by atoms with Gasteiger partial charge in [0.2, 0.25) is 0 Å². The summed E-state index contributed by atoms with van der Waals surface area (Å²) in [6.45, 7) is 1.85. The highest BCUT2D eigenvalue weighted by Crippen LogP contribution is 2.26. The number of benzene rings is 1. The maximum Gasteiger partial charge on any atom is 0.335 e. The zero-order valence-corrected chi connectivity index (χ0v) is 7.83. The first-order chi connectivity index (χ1) is 6.59. The normalized spacial score (nSPS) is 14.2. The SMILES string of the molecule is Cc1cc(C(=O)O)cc2c1CCC2=O. The van der Waals surface area contributed by atoms with Gasteiger partial charge in [0.1, 0.15) is 0 Å². The molecule has 72 valence electrons. The minimum absolute atomic E-state index is 0.0613. The molecular formula is C11H10O3. The van der Waals surface area contributed by atoms with Gasteiger partial charge in [0.05, 0.1) is 5.56 Å². The summed E-state index contributed by atoms with van der Waals surface area (Å²) in [5, 5.41) is 8.82. The molecule has 3 heteroatoms. The van der Waals surface area contributed by atoms with Gasteiger partial charge < -0.3 is 5.11 Å². The van der Waals surface area contributed by atoms with Gasteiger partial charge in [-0.2, -0.15) is 0 Å². The standard InChI is InChI=1S/C11H10O3/c1-6-4-7(11(13)14)5-9-8(6)2-3-10(9)12/h4-5H,2-3H2,1H3,(H,13,14). The zero-order valence-electron chi connectivity index (χ0n) is 7.83. The van der Waals surface area contributed by atoms with Crippen LogP contribution in [0.4, 0.5) is 0 Å². The fourth-order valence-corrected chi connectivity index (χ4v) is 1.89. The molecule has 0 spiro atoms. The Hall–Kier alpha value is -1.64. The van der Waals surface area contributed by atoms with Crippen molar-refractivity contribution in [2.75, 3.05) is 0 Å². The molecule has 0 unspecified atom stereocenters. The van der Waals surface area contributed by atoms with Crippen molar-refractivity contribution < 1.29 is 14.7 Å². The predicted molar refractivity (Wildman–Crippen MR) is 50.8 cm³/mol. The fourth-order valence-electron chi connectivity index (χ4n) is 1.89. The number of hydrogen-bond acceptors (Lipinski definition) is 2. The quantitative estimate of drug-likeness (QED) is 0.734. The number of carbonyl (C=O) groups excluding carboxylic acids is 1. The van der Waals surface area contributed by atoms with Gasteiger partial charge in [0.15, 0.2) is 5.78 Å². The molecule has 0 saturated heterocycles. The summed E-state index contributed by atoms with van der Waals surface area (Å²) in [6.07, 6.45) is 1.26. The van der Waals surface area contributed by atoms with Crippen LogP contribution in [0, 0.1) is 6.92 Å². The minimum Gasteiger partial charge on any atom is -0.478 e. The number of aryl methyl sites for hydroxylation is 1. The molecule has 3 nitrogen and oxygen atoms in total. The number of ketones is 1. The van der Waals surface area contributed by atoms with Gasteiger partial charge in [-0.15, -0.1) is 0 Å². The molecule has 0 atom stereocenters. The molecule has 0 aliphatic heterocycles. The van der Waals surface area contributed by atoms with Gasteiger partial charge in [-0.25, -0.2) is 4.79 Å². The van der Waals surface area contributed by atoms with E-state index in [0.29, 0.717) is 12.0 Å². The molecule has 0 radical (unpaired) electrons. The second kappa shape index (κ2) is 2.94. The molecule has 14 heavy (non-hydrogen) atoms. The number of Topliss-reactive ketones (excluding diaryl/α,β-unsaturated/α-hetero) is 1. The Morgan fingerprint density at radius 1 is 1.36 bits per heavy atom. The van der Waals surface area contributed by atoms with Crippen LogP contribution in [-0.2, 0) is 6.42 Å². The van der Waals surface area contributed by atoms with Crippen LogP contribution >= 0.6 is 0 Å². The molecule has 0 fully saturated rings. The van der Waals surface area contributed by atoms with Gasteiger partial charge in [-0.1, -0.05) is 0 Å². The second-order valence-electron chi connectivity index (χ2n) is 3.55. The highest BCUT2D eigenvalue weighted by molar-refractivity contribution is 6.03. The van der Waals surface area contributed by atoms with Crippen LogP contribution in [0.3, 0.4) is 0 Å². The summed E-state index contributed by atoms with van der Waals surface area (Å²) in [6, 6.07) is 3.11. The van der Waals surface area contributed by atoms with Crippen molar-refractivity contribution in [3.63, 3.8) is 0 Å². The molecule has 0 amide bonds. The van der Waals surface area contributed by atoms with Crippen LogP contribution in [0.15, 0.2) is 12.1 Å². The third-order valence-electron chi connectivity index (χ3n) is 2.62. The number of carbonyl (C=O) groups is 2. The van der Waals surface area contributed by atoms with E-state index < -0.39 is 5.97 Å². The van der Waals surface area contributed by atoms with Crippen LogP contribution in [-0.4, -0.2) is 16.9 Å². The average Bonchev–Trinajstić information content (AvgIpc) is 2.48. The lowest BCUT2D eigenvalue weighted by molar-refractivity contribution is 0.0696. The highest BCUT2D eigenvalue weighted by Gasteiger charge is 2.22. The minimum atomic E-state index is -0.976. The summed E-state index contributed by atoms with van der Waals surface area (Å²) < 4.78 is 0. The summed E-state index contributed by atoms with van der Waals surface area (Å²) in [5.41, 5.74) is 2.73. The van der Waals surface area contributed by atoms with Gasteiger partial charge in [0, 0.05) is 12.0 Å². The third kappa shape index (κ3) is 1.21. The lowest BCUT2D eigenvalue weighted by Crippen LogP contribution is -2.01. The first-order valence-corrected chi connectivity index (χ1v) is 4.49. The summed E-state index contributed by atoms with van der Waals surface area (Å²) in [5.74, 6) is -0.915. The average molecular weight is 190 g/mol. The smallest absolute Gasteiger partial charge is 0.335 e. The van der Waals surface area contributed by atoms with E-state index in [1.165, 1.54) is 6.07 Å². The monoisotopic (exact) mass is 190 g/mol. The van der Waals surface area contributed by atoms with Crippen LogP contribution in [0.25, 0.3) is 0 Å².